The average molecular weight is 434 g/mol. The molecule has 0 spiro atoms. The van der Waals surface area contributed by atoms with Crippen LogP contribution >= 0.6 is 0 Å². The standard InChI is InChI=1S/C26H31N3O3/c1-7-12-23(26(31)32-9-3)29-25(30)20-14-11-10-13-19(20)21(27-29)15-18-16-28(6)22(8-2)24(18)17(4)5/h8,10-11,13-14,16,23H,2,4,7,9,12,15H2,1,3,5-6H3. The number of esters is 1. The molecule has 0 aliphatic heterocycles. The molecule has 0 radical (unpaired) electrons. The number of nitrogens with zero attached hydrogens (tertiary/aromatic N) is 3. The summed E-state index contributed by atoms with van der Waals surface area (Å²) < 4.78 is 8.59. The van der Waals surface area contributed by atoms with Gasteiger partial charge in [-0.15, -0.1) is 0 Å². The molecule has 0 saturated heterocycles. The number of hydrogen-bond acceptors (Lipinski definition) is 4. The minimum Gasteiger partial charge on any atom is -0.464 e. The molecular weight excluding hydrogens is 402 g/mol. The molecule has 6 heteroatoms. The third-order valence-corrected chi connectivity index (χ3v) is 5.61. The fraction of sp³-hybridized carbons (Fsp3) is 0.346. The van der Waals surface area contributed by atoms with Crippen molar-refractivity contribution in [3.63, 3.8) is 0 Å². The highest BCUT2D eigenvalue weighted by molar-refractivity contribution is 5.85. The van der Waals surface area contributed by atoms with Gasteiger partial charge >= 0.3 is 5.97 Å². The van der Waals surface area contributed by atoms with E-state index in [1.807, 2.05) is 55.9 Å². The quantitative estimate of drug-likeness (QED) is 0.450. The van der Waals surface area contributed by atoms with Crippen LogP contribution in [0.5, 0.6) is 0 Å². The van der Waals surface area contributed by atoms with Gasteiger partial charge in [0.25, 0.3) is 5.56 Å². The highest BCUT2D eigenvalue weighted by atomic mass is 16.5. The predicted molar refractivity (Wildman–Crippen MR) is 130 cm³/mol. The summed E-state index contributed by atoms with van der Waals surface area (Å²) in [6, 6.07) is 6.66. The summed E-state index contributed by atoms with van der Waals surface area (Å²) in [5, 5.41) is 6.05. The first-order valence-corrected chi connectivity index (χ1v) is 11.0. The lowest BCUT2D eigenvalue weighted by atomic mass is 9.98. The number of ether oxygens (including phenoxy) is 1. The van der Waals surface area contributed by atoms with Crippen LogP contribution in [-0.2, 0) is 23.0 Å². The normalized spacial score (nSPS) is 12.0. The lowest BCUT2D eigenvalue weighted by Crippen LogP contribution is -2.34. The maximum atomic E-state index is 13.3. The molecule has 0 aliphatic rings. The Hall–Kier alpha value is -3.41. The van der Waals surface area contributed by atoms with Gasteiger partial charge in [0.05, 0.1) is 17.7 Å². The van der Waals surface area contributed by atoms with Gasteiger partial charge in [0.15, 0.2) is 6.04 Å². The molecule has 0 saturated carbocycles. The number of carbonyl (C=O) groups excluding carboxylic acids is 1. The molecule has 0 amide bonds. The topological polar surface area (TPSA) is 66.1 Å². The van der Waals surface area contributed by atoms with E-state index in [4.69, 9.17) is 9.84 Å². The Kier molecular flexibility index (Phi) is 7.13. The van der Waals surface area contributed by atoms with Gasteiger partial charge in [-0.3, -0.25) is 4.79 Å². The van der Waals surface area contributed by atoms with E-state index >= 15 is 0 Å². The van der Waals surface area contributed by atoms with Crippen LogP contribution in [0.1, 0.15) is 62.2 Å². The zero-order valence-corrected chi connectivity index (χ0v) is 19.4. The second kappa shape index (κ2) is 9.81. The predicted octanol–water partition coefficient (Wildman–Crippen LogP) is 4.91. The van der Waals surface area contributed by atoms with Crippen molar-refractivity contribution in [1.29, 1.82) is 0 Å². The van der Waals surface area contributed by atoms with Crippen LogP contribution in [0, 0.1) is 0 Å². The molecule has 168 valence electrons. The Balaban J connectivity index is 2.24. The second-order valence-corrected chi connectivity index (χ2v) is 7.99. The first-order chi connectivity index (χ1) is 15.3. The number of aryl methyl sites for hydroxylation is 1. The number of fused-ring (bicyclic) bond motifs is 1. The Morgan fingerprint density at radius 3 is 2.53 bits per heavy atom. The highest BCUT2D eigenvalue weighted by Crippen LogP contribution is 2.28. The number of rotatable bonds is 9. The van der Waals surface area contributed by atoms with E-state index in [0.29, 0.717) is 18.2 Å². The van der Waals surface area contributed by atoms with Gasteiger partial charge < -0.3 is 9.30 Å². The zero-order valence-electron chi connectivity index (χ0n) is 19.4. The van der Waals surface area contributed by atoms with E-state index in [9.17, 15) is 9.59 Å². The largest absolute Gasteiger partial charge is 0.464 e. The van der Waals surface area contributed by atoms with Crippen LogP contribution in [-0.4, -0.2) is 26.9 Å². The van der Waals surface area contributed by atoms with Crippen molar-refractivity contribution >= 4 is 28.4 Å². The van der Waals surface area contributed by atoms with E-state index < -0.39 is 12.0 Å². The van der Waals surface area contributed by atoms with Crippen molar-refractivity contribution in [2.75, 3.05) is 6.61 Å². The summed E-state index contributed by atoms with van der Waals surface area (Å²) in [5.41, 5.74) is 4.44. The highest BCUT2D eigenvalue weighted by Gasteiger charge is 2.26. The molecule has 1 aromatic carbocycles. The minimum absolute atomic E-state index is 0.255. The summed E-state index contributed by atoms with van der Waals surface area (Å²) in [7, 11) is 1.97. The average Bonchev–Trinajstić information content (AvgIpc) is 3.09. The third kappa shape index (κ3) is 4.31. The lowest BCUT2D eigenvalue weighted by molar-refractivity contribution is -0.147. The molecule has 0 N–H and O–H groups in total. The molecule has 2 heterocycles. The second-order valence-electron chi connectivity index (χ2n) is 7.99. The van der Waals surface area contributed by atoms with Gasteiger partial charge in [-0.2, -0.15) is 5.10 Å². The lowest BCUT2D eigenvalue weighted by Gasteiger charge is -2.19. The van der Waals surface area contributed by atoms with Crippen LogP contribution < -0.4 is 5.56 Å². The Morgan fingerprint density at radius 1 is 1.25 bits per heavy atom. The fourth-order valence-corrected chi connectivity index (χ4v) is 4.23. The van der Waals surface area contributed by atoms with E-state index in [1.54, 1.807) is 13.0 Å². The van der Waals surface area contributed by atoms with Crippen molar-refractivity contribution < 1.29 is 9.53 Å². The van der Waals surface area contributed by atoms with Crippen molar-refractivity contribution in [2.24, 2.45) is 7.05 Å². The summed E-state index contributed by atoms with van der Waals surface area (Å²) in [4.78, 5) is 26.0. The molecule has 1 atom stereocenters. The van der Waals surface area contributed by atoms with Gasteiger partial charge in [-0.1, -0.05) is 44.7 Å². The van der Waals surface area contributed by atoms with Crippen LogP contribution in [0.15, 0.2) is 48.4 Å². The molecule has 0 fully saturated rings. The van der Waals surface area contributed by atoms with Crippen LogP contribution in [0.4, 0.5) is 0 Å². The SMILES string of the molecule is C=Cc1c(C(=C)C)c(Cc2nn(C(CCC)C(=O)OCC)c(=O)c3ccccc23)cn1C. The number of benzene rings is 1. The van der Waals surface area contributed by atoms with E-state index in [-0.39, 0.29) is 12.2 Å². The molecule has 3 aromatic rings. The number of aromatic nitrogens is 3. The van der Waals surface area contributed by atoms with Crippen molar-refractivity contribution in [2.45, 2.75) is 46.1 Å². The summed E-state index contributed by atoms with van der Waals surface area (Å²) in [6.45, 7) is 14.0. The number of allylic oxidation sites excluding steroid dienone is 1. The minimum atomic E-state index is -0.754. The molecule has 32 heavy (non-hydrogen) atoms. The zero-order chi connectivity index (χ0) is 23.4. The van der Waals surface area contributed by atoms with E-state index in [1.165, 1.54) is 4.68 Å². The van der Waals surface area contributed by atoms with Gasteiger partial charge in [0.1, 0.15) is 0 Å². The summed E-state index contributed by atoms with van der Waals surface area (Å²) in [5.74, 6) is -0.429. The molecule has 1 unspecified atom stereocenters. The fourth-order valence-electron chi connectivity index (χ4n) is 4.23. The van der Waals surface area contributed by atoms with Gasteiger partial charge in [-0.05, 0) is 43.5 Å². The van der Waals surface area contributed by atoms with Gasteiger partial charge in [-0.25, -0.2) is 9.48 Å². The summed E-state index contributed by atoms with van der Waals surface area (Å²) in [6.07, 6.45) is 5.56. The molecule has 2 aromatic heterocycles. The summed E-state index contributed by atoms with van der Waals surface area (Å²) >= 11 is 0. The Labute approximate surface area is 188 Å². The monoisotopic (exact) mass is 433 g/mol. The molecule has 0 bridgehead atoms. The van der Waals surface area contributed by atoms with Crippen molar-refractivity contribution in [3.8, 4) is 0 Å². The van der Waals surface area contributed by atoms with Crippen molar-refractivity contribution in [3.05, 3.63) is 76.5 Å². The molecule has 0 aliphatic carbocycles. The smallest absolute Gasteiger partial charge is 0.331 e. The van der Waals surface area contributed by atoms with Gasteiger partial charge in [0, 0.05) is 36.3 Å². The van der Waals surface area contributed by atoms with E-state index in [2.05, 4.69) is 13.2 Å². The van der Waals surface area contributed by atoms with Crippen LogP contribution in [0.25, 0.3) is 22.4 Å². The number of carbonyl (C=O) groups is 1. The first-order valence-electron chi connectivity index (χ1n) is 11.0. The van der Waals surface area contributed by atoms with Crippen LogP contribution in [0.3, 0.4) is 0 Å². The maximum absolute atomic E-state index is 13.3. The van der Waals surface area contributed by atoms with Crippen molar-refractivity contribution in [1.82, 2.24) is 14.3 Å². The maximum Gasteiger partial charge on any atom is 0.331 e. The molecule has 3 rings (SSSR count). The van der Waals surface area contributed by atoms with Gasteiger partial charge in [0.2, 0.25) is 0 Å². The molecular formula is C26H31N3O3. The Bertz CT molecular complexity index is 1230. The van der Waals surface area contributed by atoms with E-state index in [0.717, 1.165) is 39.9 Å². The molecule has 6 nitrogen and oxygen atoms in total. The first kappa shape index (κ1) is 23.3. The Morgan fingerprint density at radius 2 is 1.94 bits per heavy atom. The number of hydrogen-bond donors (Lipinski definition) is 0. The third-order valence-electron chi connectivity index (χ3n) is 5.61. The van der Waals surface area contributed by atoms with Crippen LogP contribution in [0.2, 0.25) is 0 Å².